The fraction of sp³-hybridized carbons (Fsp3) is 1.00. The minimum absolute atomic E-state index is 0.350. The van der Waals surface area contributed by atoms with Crippen molar-refractivity contribution in [1.29, 1.82) is 0 Å². The van der Waals surface area contributed by atoms with Crippen LogP contribution in [-0.2, 0) is 10.0 Å². The van der Waals surface area contributed by atoms with Gasteiger partial charge in [-0.15, -0.1) is 11.6 Å². The fourth-order valence-electron chi connectivity index (χ4n) is 0.913. The van der Waals surface area contributed by atoms with Gasteiger partial charge in [-0.05, 0) is 0 Å². The highest BCUT2D eigenvalue weighted by Gasteiger charge is 2.16. The number of sulfonamides is 1. The Morgan fingerprint density at radius 2 is 2.23 bits per heavy atom. The van der Waals surface area contributed by atoms with Crippen molar-refractivity contribution in [2.75, 3.05) is 29.0 Å². The van der Waals surface area contributed by atoms with Crippen LogP contribution in [0.5, 0.6) is 0 Å². The van der Waals surface area contributed by atoms with Crippen molar-refractivity contribution >= 4 is 45.1 Å². The Morgan fingerprint density at radius 3 is 2.77 bits per heavy atom. The van der Waals surface area contributed by atoms with E-state index in [9.17, 15) is 8.42 Å². The van der Waals surface area contributed by atoms with Crippen molar-refractivity contribution < 1.29 is 8.42 Å². The van der Waals surface area contributed by atoms with Crippen molar-refractivity contribution in [1.82, 2.24) is 4.72 Å². The smallest absolute Gasteiger partial charge is 0.213 e. The van der Waals surface area contributed by atoms with E-state index in [1.165, 1.54) is 5.75 Å². The molecule has 7 heteroatoms. The third kappa shape index (κ3) is 4.78. The van der Waals surface area contributed by atoms with Gasteiger partial charge in [-0.25, -0.2) is 13.1 Å². The zero-order valence-corrected chi connectivity index (χ0v) is 10.2. The number of hydrogen-bond donors (Lipinski definition) is 1. The van der Waals surface area contributed by atoms with Crippen LogP contribution in [0.2, 0.25) is 0 Å². The highest BCUT2D eigenvalue weighted by atomic mass is 35.5. The summed E-state index contributed by atoms with van der Waals surface area (Å²) in [5.41, 5.74) is 0. The molecule has 0 aromatic heterocycles. The molecule has 0 radical (unpaired) electrons. The zero-order chi connectivity index (χ0) is 9.73. The van der Waals surface area contributed by atoms with Gasteiger partial charge in [0.15, 0.2) is 0 Å². The molecule has 0 bridgehead atoms. The second-order valence-electron chi connectivity index (χ2n) is 2.64. The van der Waals surface area contributed by atoms with E-state index in [1.807, 2.05) is 23.5 Å². The Balaban J connectivity index is 2.25. The summed E-state index contributed by atoms with van der Waals surface area (Å²) in [6.07, 6.45) is 0. The van der Waals surface area contributed by atoms with E-state index >= 15 is 0 Å². The molecule has 78 valence electrons. The van der Waals surface area contributed by atoms with Crippen LogP contribution in [0.25, 0.3) is 0 Å². The van der Waals surface area contributed by atoms with Crippen LogP contribution in [-0.4, -0.2) is 42.7 Å². The molecular weight excluding hydrogens is 250 g/mol. The highest BCUT2D eigenvalue weighted by Crippen LogP contribution is 2.23. The summed E-state index contributed by atoms with van der Waals surface area (Å²) in [6.45, 7) is 0.507. The molecule has 1 heterocycles. The lowest BCUT2D eigenvalue weighted by atomic mass is 10.5. The molecule has 0 aliphatic carbocycles. The average Bonchev–Trinajstić information content (AvgIpc) is 2.17. The summed E-state index contributed by atoms with van der Waals surface area (Å²) < 4.78 is 24.5. The van der Waals surface area contributed by atoms with Crippen molar-refractivity contribution in [3.63, 3.8) is 0 Å². The van der Waals surface area contributed by atoms with Crippen LogP contribution in [0.4, 0.5) is 0 Å². The number of rotatable bonds is 4. The molecule has 1 saturated heterocycles. The molecule has 1 aliphatic rings. The lowest BCUT2D eigenvalue weighted by Crippen LogP contribution is -2.33. The number of nitrogens with one attached hydrogen (secondary N) is 1. The van der Waals surface area contributed by atoms with Gasteiger partial charge in [-0.1, -0.05) is 0 Å². The van der Waals surface area contributed by atoms with Crippen molar-refractivity contribution in [2.45, 2.75) is 5.25 Å². The molecule has 3 nitrogen and oxygen atoms in total. The van der Waals surface area contributed by atoms with E-state index in [1.54, 1.807) is 0 Å². The molecule has 0 aromatic carbocycles. The first-order valence-electron chi connectivity index (χ1n) is 3.87. The minimum Gasteiger partial charge on any atom is -0.213 e. The topological polar surface area (TPSA) is 46.2 Å². The molecule has 13 heavy (non-hydrogen) atoms. The first-order chi connectivity index (χ1) is 6.14. The van der Waals surface area contributed by atoms with Gasteiger partial charge < -0.3 is 0 Å². The summed E-state index contributed by atoms with van der Waals surface area (Å²) in [4.78, 5) is 0. The molecule has 1 fully saturated rings. The van der Waals surface area contributed by atoms with Crippen LogP contribution in [0, 0.1) is 0 Å². The summed E-state index contributed by atoms with van der Waals surface area (Å²) in [5.74, 6) is 3.30. The third-order valence-electron chi connectivity index (χ3n) is 1.56. The Kier molecular flexibility index (Phi) is 5.25. The molecule has 0 aromatic rings. The number of alkyl halides is 1. The van der Waals surface area contributed by atoms with Crippen LogP contribution >= 0.6 is 35.1 Å². The van der Waals surface area contributed by atoms with E-state index in [2.05, 4.69) is 4.72 Å². The largest absolute Gasteiger partial charge is 0.225 e. The van der Waals surface area contributed by atoms with Gasteiger partial charge in [0, 0.05) is 29.1 Å². The predicted octanol–water partition coefficient (Wildman–Crippen LogP) is 0.951. The molecular formula is C6H12ClNO2S3. The van der Waals surface area contributed by atoms with E-state index in [-0.39, 0.29) is 5.21 Å². The molecule has 1 unspecified atom stereocenters. The van der Waals surface area contributed by atoms with Gasteiger partial charge in [0.05, 0.1) is 0 Å². The Labute approximate surface area is 92.4 Å². The summed E-state index contributed by atoms with van der Waals surface area (Å²) in [5, 5.41) is 0.0501. The quantitative estimate of drug-likeness (QED) is 0.766. The standard InChI is InChI=1S/C6H12ClNO2S3/c7-5-13(9,10)8-3-6-4-11-1-2-12-6/h6,8H,1-5H2. The highest BCUT2D eigenvalue weighted by molar-refractivity contribution is 8.06. The molecule has 0 amide bonds. The SMILES string of the molecule is O=S(=O)(CCl)NCC1CSCCS1. The van der Waals surface area contributed by atoms with Gasteiger partial charge in [-0.2, -0.15) is 23.5 Å². The maximum Gasteiger partial charge on any atom is 0.225 e. The van der Waals surface area contributed by atoms with Crippen LogP contribution in [0.1, 0.15) is 0 Å². The lowest BCUT2D eigenvalue weighted by molar-refractivity contribution is 0.586. The summed E-state index contributed by atoms with van der Waals surface area (Å²) in [7, 11) is -3.23. The van der Waals surface area contributed by atoms with E-state index < -0.39 is 10.0 Å². The Hall–Kier alpha value is 0.900. The van der Waals surface area contributed by atoms with E-state index in [0.29, 0.717) is 11.8 Å². The van der Waals surface area contributed by atoms with Crippen LogP contribution in [0.3, 0.4) is 0 Å². The van der Waals surface area contributed by atoms with Crippen LogP contribution in [0.15, 0.2) is 0 Å². The van der Waals surface area contributed by atoms with Crippen LogP contribution < -0.4 is 4.72 Å². The van der Waals surface area contributed by atoms with Crippen molar-refractivity contribution in [2.24, 2.45) is 0 Å². The second kappa shape index (κ2) is 5.70. The predicted molar refractivity (Wildman–Crippen MR) is 61.2 cm³/mol. The van der Waals surface area contributed by atoms with Crippen molar-refractivity contribution in [3.8, 4) is 0 Å². The van der Waals surface area contributed by atoms with Crippen molar-refractivity contribution in [3.05, 3.63) is 0 Å². The van der Waals surface area contributed by atoms with Gasteiger partial charge in [-0.3, -0.25) is 0 Å². The zero-order valence-electron chi connectivity index (χ0n) is 7.03. The first kappa shape index (κ1) is 12.0. The monoisotopic (exact) mass is 261 g/mol. The summed E-state index contributed by atoms with van der Waals surface area (Å²) >= 11 is 8.94. The Morgan fingerprint density at radius 1 is 1.46 bits per heavy atom. The van der Waals surface area contributed by atoms with Gasteiger partial charge in [0.25, 0.3) is 0 Å². The maximum atomic E-state index is 11.0. The Bertz CT molecular complexity index is 238. The molecule has 1 atom stereocenters. The normalized spacial score (nSPS) is 24.5. The second-order valence-corrected chi connectivity index (χ2v) is 7.59. The van der Waals surface area contributed by atoms with E-state index in [4.69, 9.17) is 11.6 Å². The van der Waals surface area contributed by atoms with Gasteiger partial charge in [0.2, 0.25) is 10.0 Å². The maximum absolute atomic E-state index is 11.0. The van der Waals surface area contributed by atoms with Gasteiger partial charge in [0.1, 0.15) is 5.21 Å². The lowest BCUT2D eigenvalue weighted by Gasteiger charge is -2.20. The molecule has 0 spiro atoms. The minimum atomic E-state index is -3.23. The molecule has 1 rings (SSSR count). The molecule has 1 N–H and O–H groups in total. The van der Waals surface area contributed by atoms with E-state index in [0.717, 1.165) is 11.5 Å². The fourth-order valence-corrected chi connectivity index (χ4v) is 4.39. The number of halogens is 1. The third-order valence-corrected chi connectivity index (χ3v) is 6.16. The first-order valence-corrected chi connectivity index (χ1v) is 8.26. The molecule has 1 aliphatic heterocycles. The molecule has 0 saturated carbocycles. The number of thioether (sulfide) groups is 2. The average molecular weight is 262 g/mol. The summed E-state index contributed by atoms with van der Waals surface area (Å²) in [6, 6.07) is 0. The van der Waals surface area contributed by atoms with Gasteiger partial charge >= 0.3 is 0 Å². The number of hydrogen-bond acceptors (Lipinski definition) is 4.